The van der Waals surface area contributed by atoms with Gasteiger partial charge in [0, 0.05) is 0 Å². The normalized spacial score (nSPS) is 12.8. The van der Waals surface area contributed by atoms with Crippen molar-refractivity contribution in [2.75, 3.05) is 0 Å². The van der Waals surface area contributed by atoms with Gasteiger partial charge in [-0.05, 0) is 11.0 Å². The van der Waals surface area contributed by atoms with Crippen molar-refractivity contribution in [3.05, 3.63) is 35.9 Å². The van der Waals surface area contributed by atoms with Crippen molar-refractivity contribution in [3.8, 4) is 0 Å². The van der Waals surface area contributed by atoms with Crippen LogP contribution in [0.4, 0.5) is 0 Å². The van der Waals surface area contributed by atoms with Gasteiger partial charge in [-0.25, -0.2) is 0 Å². The number of benzene rings is 1. The quantitative estimate of drug-likeness (QED) is 0.830. The van der Waals surface area contributed by atoms with Crippen LogP contribution in [0.15, 0.2) is 30.3 Å². The van der Waals surface area contributed by atoms with Crippen LogP contribution in [-0.2, 0) is 20.9 Å². The molecule has 0 aromatic heterocycles. The van der Waals surface area contributed by atoms with E-state index in [1.807, 2.05) is 30.3 Å². The Morgan fingerprint density at radius 2 is 1.79 bits per heavy atom. The molecule has 0 amide bonds. The van der Waals surface area contributed by atoms with Crippen molar-refractivity contribution in [3.63, 3.8) is 0 Å². The Balaban J connectivity index is 2.52. The van der Waals surface area contributed by atoms with Crippen LogP contribution in [0, 0.1) is 11.3 Å². The molecule has 0 aliphatic carbocycles. The predicted molar refractivity (Wildman–Crippen MR) is 71.4 cm³/mol. The minimum atomic E-state index is -0.968. The molecule has 0 saturated heterocycles. The SMILES string of the molecule is CC(C)(C)[C@H](CC(=O)OCc1ccccc1)C(=O)O. The molecular weight excluding hydrogens is 244 g/mol. The van der Waals surface area contributed by atoms with Gasteiger partial charge in [0.05, 0.1) is 12.3 Å². The van der Waals surface area contributed by atoms with Crippen LogP contribution in [0.5, 0.6) is 0 Å². The van der Waals surface area contributed by atoms with Crippen LogP contribution in [-0.4, -0.2) is 17.0 Å². The standard InChI is InChI=1S/C15H20O4/c1-15(2,3)12(14(17)18)9-13(16)19-10-11-7-5-4-6-8-11/h4-8,12H,9-10H2,1-3H3,(H,17,18)/t12-/m1/s1. The summed E-state index contributed by atoms with van der Waals surface area (Å²) in [6, 6.07) is 9.31. The number of carboxylic acid groups (broad SMARTS) is 1. The van der Waals surface area contributed by atoms with Crippen LogP contribution in [0.2, 0.25) is 0 Å². The molecule has 0 fully saturated rings. The second-order valence-electron chi connectivity index (χ2n) is 5.61. The highest BCUT2D eigenvalue weighted by molar-refractivity contribution is 5.79. The highest BCUT2D eigenvalue weighted by Crippen LogP contribution is 2.29. The van der Waals surface area contributed by atoms with E-state index in [-0.39, 0.29) is 13.0 Å². The summed E-state index contributed by atoms with van der Waals surface area (Å²) >= 11 is 0. The van der Waals surface area contributed by atoms with E-state index < -0.39 is 23.3 Å². The fourth-order valence-corrected chi connectivity index (χ4v) is 1.73. The molecule has 0 saturated carbocycles. The minimum absolute atomic E-state index is 0.105. The molecule has 0 aliphatic heterocycles. The van der Waals surface area contributed by atoms with Crippen molar-refractivity contribution in [1.29, 1.82) is 0 Å². The molecule has 1 rings (SSSR count). The van der Waals surface area contributed by atoms with E-state index >= 15 is 0 Å². The number of carbonyl (C=O) groups excluding carboxylic acids is 1. The lowest BCUT2D eigenvalue weighted by Crippen LogP contribution is -2.31. The van der Waals surface area contributed by atoms with Crippen molar-refractivity contribution < 1.29 is 19.4 Å². The summed E-state index contributed by atoms with van der Waals surface area (Å²) in [6.07, 6.45) is -0.105. The number of esters is 1. The summed E-state index contributed by atoms with van der Waals surface area (Å²) in [5, 5.41) is 9.14. The van der Waals surface area contributed by atoms with Gasteiger partial charge in [-0.1, -0.05) is 51.1 Å². The van der Waals surface area contributed by atoms with E-state index in [0.29, 0.717) is 0 Å². The first kappa shape index (κ1) is 15.2. The van der Waals surface area contributed by atoms with E-state index in [0.717, 1.165) is 5.56 Å². The van der Waals surface area contributed by atoms with Gasteiger partial charge in [0.15, 0.2) is 0 Å². The Morgan fingerprint density at radius 1 is 1.21 bits per heavy atom. The second-order valence-corrected chi connectivity index (χ2v) is 5.61. The smallest absolute Gasteiger partial charge is 0.307 e. The topological polar surface area (TPSA) is 63.6 Å². The Hall–Kier alpha value is -1.84. The highest BCUT2D eigenvalue weighted by atomic mass is 16.5. The summed E-state index contributed by atoms with van der Waals surface area (Å²) in [7, 11) is 0. The third-order valence-corrected chi connectivity index (χ3v) is 2.96. The van der Waals surface area contributed by atoms with Crippen molar-refractivity contribution in [1.82, 2.24) is 0 Å². The van der Waals surface area contributed by atoms with Crippen LogP contribution in [0.3, 0.4) is 0 Å². The summed E-state index contributed by atoms with van der Waals surface area (Å²) in [6.45, 7) is 5.58. The largest absolute Gasteiger partial charge is 0.481 e. The average Bonchev–Trinajstić information content (AvgIpc) is 2.33. The monoisotopic (exact) mass is 264 g/mol. The molecule has 19 heavy (non-hydrogen) atoms. The van der Waals surface area contributed by atoms with E-state index in [4.69, 9.17) is 9.84 Å². The van der Waals surface area contributed by atoms with Gasteiger partial charge in [-0.15, -0.1) is 0 Å². The molecule has 1 N–H and O–H groups in total. The van der Waals surface area contributed by atoms with Crippen molar-refractivity contribution in [2.45, 2.75) is 33.8 Å². The van der Waals surface area contributed by atoms with Gasteiger partial charge in [0.2, 0.25) is 0 Å². The van der Waals surface area contributed by atoms with E-state index in [1.165, 1.54) is 0 Å². The molecule has 4 nitrogen and oxygen atoms in total. The molecule has 0 aliphatic rings. The highest BCUT2D eigenvalue weighted by Gasteiger charge is 2.33. The molecule has 0 heterocycles. The molecule has 0 radical (unpaired) electrons. The summed E-state index contributed by atoms with van der Waals surface area (Å²) in [5.41, 5.74) is 0.413. The van der Waals surface area contributed by atoms with Crippen molar-refractivity contribution in [2.24, 2.45) is 11.3 Å². The maximum atomic E-state index is 11.7. The van der Waals surface area contributed by atoms with Crippen LogP contribution in [0.25, 0.3) is 0 Å². The maximum absolute atomic E-state index is 11.7. The molecule has 1 aromatic rings. The lowest BCUT2D eigenvalue weighted by Gasteiger charge is -2.26. The maximum Gasteiger partial charge on any atom is 0.307 e. The Labute approximate surface area is 113 Å². The first-order chi connectivity index (χ1) is 8.80. The molecule has 104 valence electrons. The Morgan fingerprint density at radius 3 is 2.26 bits per heavy atom. The summed E-state index contributed by atoms with van der Waals surface area (Å²) in [4.78, 5) is 22.8. The second kappa shape index (κ2) is 6.36. The van der Waals surface area contributed by atoms with Crippen LogP contribution < -0.4 is 0 Å². The number of carboxylic acids is 1. The number of carbonyl (C=O) groups is 2. The zero-order valence-electron chi connectivity index (χ0n) is 11.6. The molecule has 0 bridgehead atoms. The number of hydrogen-bond acceptors (Lipinski definition) is 3. The van der Waals surface area contributed by atoms with Gasteiger partial charge in [0.25, 0.3) is 0 Å². The van der Waals surface area contributed by atoms with Gasteiger partial charge < -0.3 is 9.84 Å². The van der Waals surface area contributed by atoms with E-state index in [2.05, 4.69) is 0 Å². The molecule has 4 heteroatoms. The fourth-order valence-electron chi connectivity index (χ4n) is 1.73. The molecular formula is C15H20O4. The fraction of sp³-hybridized carbons (Fsp3) is 0.467. The Bertz CT molecular complexity index is 431. The van der Waals surface area contributed by atoms with Crippen LogP contribution in [0.1, 0.15) is 32.8 Å². The number of rotatable bonds is 5. The first-order valence-corrected chi connectivity index (χ1v) is 6.23. The van der Waals surface area contributed by atoms with E-state index in [9.17, 15) is 9.59 Å². The van der Waals surface area contributed by atoms with Gasteiger partial charge in [0.1, 0.15) is 6.61 Å². The van der Waals surface area contributed by atoms with Gasteiger partial charge in [-0.2, -0.15) is 0 Å². The molecule has 0 spiro atoms. The summed E-state index contributed by atoms with van der Waals surface area (Å²) in [5.74, 6) is -2.19. The third-order valence-electron chi connectivity index (χ3n) is 2.96. The third kappa shape index (κ3) is 5.12. The average molecular weight is 264 g/mol. The van der Waals surface area contributed by atoms with Crippen LogP contribution >= 0.6 is 0 Å². The number of aliphatic carboxylic acids is 1. The lowest BCUT2D eigenvalue weighted by molar-refractivity contribution is -0.155. The lowest BCUT2D eigenvalue weighted by atomic mass is 9.79. The molecule has 1 atom stereocenters. The van der Waals surface area contributed by atoms with E-state index in [1.54, 1.807) is 20.8 Å². The molecule has 0 unspecified atom stereocenters. The first-order valence-electron chi connectivity index (χ1n) is 6.23. The predicted octanol–water partition coefficient (Wildman–Crippen LogP) is 2.87. The number of hydrogen-bond donors (Lipinski definition) is 1. The van der Waals surface area contributed by atoms with Gasteiger partial charge >= 0.3 is 11.9 Å². The zero-order chi connectivity index (χ0) is 14.5. The molecule has 1 aromatic carbocycles. The minimum Gasteiger partial charge on any atom is -0.481 e. The van der Waals surface area contributed by atoms with Gasteiger partial charge in [-0.3, -0.25) is 9.59 Å². The van der Waals surface area contributed by atoms with Crippen molar-refractivity contribution >= 4 is 11.9 Å². The Kier molecular flexibility index (Phi) is 5.10. The zero-order valence-corrected chi connectivity index (χ0v) is 11.6. The number of ether oxygens (including phenoxy) is 1. The summed E-state index contributed by atoms with van der Waals surface area (Å²) < 4.78 is 5.10.